The molecule has 0 aliphatic carbocycles. The van der Waals surface area contributed by atoms with E-state index in [2.05, 4.69) is 46.9 Å². The minimum atomic E-state index is -0.266. The Kier molecular flexibility index (Phi) is 3.29. The molecule has 0 saturated carbocycles. The second-order valence-electron chi connectivity index (χ2n) is 6.99. The van der Waals surface area contributed by atoms with Crippen molar-refractivity contribution in [3.05, 3.63) is 0 Å². The summed E-state index contributed by atoms with van der Waals surface area (Å²) in [5.41, 5.74) is -0.208. The fourth-order valence-electron chi connectivity index (χ4n) is 2.47. The average Bonchev–Trinajstić information content (AvgIpc) is 2.40. The van der Waals surface area contributed by atoms with E-state index in [1.807, 2.05) is 0 Å². The van der Waals surface area contributed by atoms with Crippen molar-refractivity contribution < 1.29 is 9.59 Å². The van der Waals surface area contributed by atoms with E-state index in [0.29, 0.717) is 0 Å². The van der Waals surface area contributed by atoms with E-state index in [1.165, 1.54) is 11.8 Å². The Bertz CT molecular complexity index is 336. The predicted octanol–water partition coefficient (Wildman–Crippen LogP) is 2.39. The molecule has 4 heteroatoms. The maximum atomic E-state index is 11.9. The Morgan fingerprint density at radius 3 is 1.88 bits per heavy atom. The summed E-state index contributed by atoms with van der Waals surface area (Å²) < 4.78 is 0. The predicted molar refractivity (Wildman–Crippen MR) is 67.5 cm³/mol. The summed E-state index contributed by atoms with van der Waals surface area (Å²) >= 11 is 0. The van der Waals surface area contributed by atoms with Gasteiger partial charge in [0.25, 0.3) is 0 Å². The number of nitrogens with one attached hydrogen (secondary N) is 1. The molecule has 0 aromatic carbocycles. The van der Waals surface area contributed by atoms with Gasteiger partial charge in [-0.25, -0.2) is 4.79 Å². The molecule has 1 heterocycles. The molecule has 0 spiro atoms. The molecule has 0 bridgehead atoms. The Morgan fingerprint density at radius 1 is 1.12 bits per heavy atom. The minimum Gasteiger partial charge on any atom is -0.332 e. The van der Waals surface area contributed by atoms with Crippen molar-refractivity contribution in [2.75, 3.05) is 0 Å². The fraction of sp³-hybridized carbons (Fsp3) is 0.846. The van der Waals surface area contributed by atoms with E-state index in [0.717, 1.165) is 0 Å². The molecule has 98 valence electrons. The van der Waals surface area contributed by atoms with Gasteiger partial charge in [0.1, 0.15) is 0 Å². The Hall–Kier alpha value is -1.06. The second kappa shape index (κ2) is 4.00. The first-order chi connectivity index (χ1) is 7.46. The third kappa shape index (κ3) is 2.61. The van der Waals surface area contributed by atoms with E-state index < -0.39 is 0 Å². The molecule has 0 unspecified atom stereocenters. The lowest BCUT2D eigenvalue weighted by atomic mass is 9.73. The van der Waals surface area contributed by atoms with Crippen LogP contribution in [0.15, 0.2) is 0 Å². The van der Waals surface area contributed by atoms with Gasteiger partial charge in [0.15, 0.2) is 0 Å². The van der Waals surface area contributed by atoms with Gasteiger partial charge in [0, 0.05) is 6.92 Å². The number of carbonyl (C=O) groups excluding carboxylic acids is 2. The third-order valence-corrected chi connectivity index (χ3v) is 3.25. The quantitative estimate of drug-likeness (QED) is 0.706. The van der Waals surface area contributed by atoms with Gasteiger partial charge in [-0.05, 0) is 10.8 Å². The van der Waals surface area contributed by atoms with Gasteiger partial charge in [0.2, 0.25) is 5.91 Å². The zero-order chi connectivity index (χ0) is 13.6. The molecule has 0 radical (unpaired) electrons. The molecule has 2 atom stereocenters. The SMILES string of the molecule is CC(=O)N1C(=O)N[C@H](C(C)(C)C)[C@H]1C(C)(C)C. The van der Waals surface area contributed by atoms with Crippen molar-refractivity contribution in [3.8, 4) is 0 Å². The molecule has 17 heavy (non-hydrogen) atoms. The summed E-state index contributed by atoms with van der Waals surface area (Å²) in [6.45, 7) is 13.9. The van der Waals surface area contributed by atoms with Crippen LogP contribution in [0.25, 0.3) is 0 Å². The highest BCUT2D eigenvalue weighted by atomic mass is 16.2. The van der Waals surface area contributed by atoms with Crippen LogP contribution in [-0.4, -0.2) is 28.9 Å². The molecular weight excluding hydrogens is 216 g/mol. The van der Waals surface area contributed by atoms with E-state index in [1.54, 1.807) is 0 Å². The maximum absolute atomic E-state index is 11.9. The number of hydrogen-bond acceptors (Lipinski definition) is 2. The molecule has 1 aliphatic rings. The molecule has 1 N–H and O–H groups in total. The first kappa shape index (κ1) is 14.0. The standard InChI is InChI=1S/C13H24N2O2/c1-8(16)15-10(13(5,6)7)9(12(2,3)4)14-11(15)17/h9-10H,1-7H3,(H,14,17)/t9-,10-/m0/s1. The van der Waals surface area contributed by atoms with Crippen LogP contribution in [0.4, 0.5) is 4.79 Å². The van der Waals surface area contributed by atoms with Crippen LogP contribution in [0.5, 0.6) is 0 Å². The molecule has 4 nitrogen and oxygen atoms in total. The van der Waals surface area contributed by atoms with Gasteiger partial charge in [-0.3, -0.25) is 9.69 Å². The lowest BCUT2D eigenvalue weighted by Gasteiger charge is -2.40. The number of nitrogens with zero attached hydrogens (tertiary/aromatic N) is 1. The molecule has 1 rings (SSSR count). The van der Waals surface area contributed by atoms with Crippen LogP contribution in [0.1, 0.15) is 48.5 Å². The highest BCUT2D eigenvalue weighted by molar-refractivity contribution is 5.95. The summed E-state index contributed by atoms with van der Waals surface area (Å²) in [6.07, 6.45) is 0. The van der Waals surface area contributed by atoms with Gasteiger partial charge in [0.05, 0.1) is 12.1 Å². The van der Waals surface area contributed by atoms with E-state index in [9.17, 15) is 9.59 Å². The molecule has 1 fully saturated rings. The van der Waals surface area contributed by atoms with Crippen molar-refractivity contribution in [1.82, 2.24) is 10.2 Å². The third-order valence-electron chi connectivity index (χ3n) is 3.25. The largest absolute Gasteiger partial charge is 0.332 e. The van der Waals surface area contributed by atoms with Crippen LogP contribution in [0.3, 0.4) is 0 Å². The first-order valence-corrected chi connectivity index (χ1v) is 6.06. The smallest absolute Gasteiger partial charge is 0.324 e. The van der Waals surface area contributed by atoms with Gasteiger partial charge in [-0.1, -0.05) is 41.5 Å². The first-order valence-electron chi connectivity index (χ1n) is 6.06. The lowest BCUT2D eigenvalue weighted by Crippen LogP contribution is -2.52. The number of hydrogen-bond donors (Lipinski definition) is 1. The molecule has 1 aliphatic heterocycles. The summed E-state index contributed by atoms with van der Waals surface area (Å²) in [5.74, 6) is -0.186. The van der Waals surface area contributed by atoms with Crippen molar-refractivity contribution >= 4 is 11.9 Å². The maximum Gasteiger partial charge on any atom is 0.324 e. The van der Waals surface area contributed by atoms with Crippen molar-refractivity contribution in [1.29, 1.82) is 0 Å². The monoisotopic (exact) mass is 240 g/mol. The topological polar surface area (TPSA) is 49.4 Å². The Morgan fingerprint density at radius 2 is 1.59 bits per heavy atom. The minimum absolute atomic E-state index is 0.0149. The summed E-state index contributed by atoms with van der Waals surface area (Å²) in [4.78, 5) is 24.9. The Labute approximate surface area is 104 Å². The highest BCUT2D eigenvalue weighted by Crippen LogP contribution is 2.38. The number of carbonyl (C=O) groups is 2. The number of imide groups is 1. The van der Waals surface area contributed by atoms with Crippen LogP contribution < -0.4 is 5.32 Å². The normalized spacial score (nSPS) is 26.1. The summed E-state index contributed by atoms with van der Waals surface area (Å²) in [7, 11) is 0. The van der Waals surface area contributed by atoms with E-state index >= 15 is 0 Å². The zero-order valence-electron chi connectivity index (χ0n) is 11.9. The van der Waals surface area contributed by atoms with Crippen molar-refractivity contribution in [3.63, 3.8) is 0 Å². The molecule has 3 amide bonds. The van der Waals surface area contributed by atoms with Crippen LogP contribution in [-0.2, 0) is 4.79 Å². The van der Waals surface area contributed by atoms with E-state index in [-0.39, 0.29) is 34.9 Å². The molecule has 0 aromatic heterocycles. The second-order valence-corrected chi connectivity index (χ2v) is 6.99. The summed E-state index contributed by atoms with van der Waals surface area (Å²) in [5, 5.41) is 2.95. The lowest BCUT2D eigenvalue weighted by molar-refractivity contribution is -0.129. The molecule has 0 aromatic rings. The van der Waals surface area contributed by atoms with Gasteiger partial charge in [-0.15, -0.1) is 0 Å². The van der Waals surface area contributed by atoms with Gasteiger partial charge < -0.3 is 5.32 Å². The number of urea groups is 1. The van der Waals surface area contributed by atoms with E-state index in [4.69, 9.17) is 0 Å². The van der Waals surface area contributed by atoms with Crippen molar-refractivity contribution in [2.24, 2.45) is 10.8 Å². The van der Waals surface area contributed by atoms with Crippen LogP contribution >= 0.6 is 0 Å². The summed E-state index contributed by atoms with van der Waals surface area (Å²) in [6, 6.07) is -0.385. The molecule has 1 saturated heterocycles. The van der Waals surface area contributed by atoms with Gasteiger partial charge >= 0.3 is 6.03 Å². The van der Waals surface area contributed by atoms with Gasteiger partial charge in [-0.2, -0.15) is 0 Å². The number of rotatable bonds is 0. The van der Waals surface area contributed by atoms with Crippen LogP contribution in [0.2, 0.25) is 0 Å². The van der Waals surface area contributed by atoms with Crippen molar-refractivity contribution in [2.45, 2.75) is 60.5 Å². The molecular formula is C13H24N2O2. The highest BCUT2D eigenvalue weighted by Gasteiger charge is 2.51. The average molecular weight is 240 g/mol. The number of amides is 3. The zero-order valence-corrected chi connectivity index (χ0v) is 11.9. The fourth-order valence-corrected chi connectivity index (χ4v) is 2.47. The Balaban J connectivity index is 3.20. The van der Waals surface area contributed by atoms with Crippen LogP contribution in [0, 0.1) is 10.8 Å².